The molecular formula is C22H36N6O2. The van der Waals surface area contributed by atoms with Gasteiger partial charge >= 0.3 is 0 Å². The van der Waals surface area contributed by atoms with E-state index in [0.717, 1.165) is 81.1 Å². The summed E-state index contributed by atoms with van der Waals surface area (Å²) in [7, 11) is 1.94. The number of nitrogens with zero attached hydrogens (tertiary/aromatic N) is 2. The van der Waals surface area contributed by atoms with E-state index in [4.69, 9.17) is 9.40 Å². The largest absolute Gasteiger partial charge is 0.460 e. The fourth-order valence-electron chi connectivity index (χ4n) is 3.59. The van der Waals surface area contributed by atoms with Crippen molar-refractivity contribution in [3.63, 3.8) is 0 Å². The van der Waals surface area contributed by atoms with Crippen LogP contribution in [0.5, 0.6) is 0 Å². The van der Waals surface area contributed by atoms with Crippen molar-refractivity contribution < 1.29 is 9.52 Å². The van der Waals surface area contributed by atoms with Gasteiger partial charge in [-0.3, -0.25) is 0 Å². The molecule has 5 N–H and O–H groups in total. The van der Waals surface area contributed by atoms with E-state index >= 15 is 0 Å². The molecule has 0 saturated heterocycles. The molecule has 166 valence electrons. The Kier molecular flexibility index (Phi) is 8.92. The first kappa shape index (κ1) is 22.5. The van der Waals surface area contributed by atoms with Crippen LogP contribution in [0.4, 0.5) is 11.8 Å². The molecule has 1 fully saturated rings. The highest BCUT2D eigenvalue weighted by Crippen LogP contribution is 2.31. The van der Waals surface area contributed by atoms with Crippen LogP contribution < -0.4 is 21.3 Å². The molecule has 0 bridgehead atoms. The minimum absolute atomic E-state index is 0.178. The first-order valence-corrected chi connectivity index (χ1v) is 11.2. The summed E-state index contributed by atoms with van der Waals surface area (Å²) < 4.78 is 6.07. The first-order valence-electron chi connectivity index (χ1n) is 11.2. The maximum atomic E-state index is 9.81. The normalized spacial score (nSPS) is 19.0. The molecule has 8 heteroatoms. The predicted molar refractivity (Wildman–Crippen MR) is 121 cm³/mol. The predicted octanol–water partition coefficient (Wildman–Crippen LogP) is 2.97. The highest BCUT2D eigenvalue weighted by atomic mass is 16.3. The van der Waals surface area contributed by atoms with E-state index < -0.39 is 0 Å². The summed E-state index contributed by atoms with van der Waals surface area (Å²) >= 11 is 0. The average molecular weight is 417 g/mol. The Morgan fingerprint density at radius 2 is 1.97 bits per heavy atom. The quantitative estimate of drug-likeness (QED) is 0.336. The maximum Gasteiger partial charge on any atom is 0.224 e. The van der Waals surface area contributed by atoms with Gasteiger partial charge in [0.05, 0.1) is 18.2 Å². The second-order valence-corrected chi connectivity index (χ2v) is 7.93. The van der Waals surface area contributed by atoms with Crippen LogP contribution in [-0.4, -0.2) is 53.9 Å². The number of anilines is 2. The number of aliphatic hydroxyl groups is 1. The van der Waals surface area contributed by atoms with Gasteiger partial charge in [-0.15, -0.1) is 0 Å². The van der Waals surface area contributed by atoms with E-state index in [1.54, 1.807) is 0 Å². The van der Waals surface area contributed by atoms with Crippen molar-refractivity contribution in [3.05, 3.63) is 24.1 Å². The summed E-state index contributed by atoms with van der Waals surface area (Å²) in [6.45, 7) is 5.50. The van der Waals surface area contributed by atoms with Crippen LogP contribution in [0.15, 0.2) is 22.7 Å². The summed E-state index contributed by atoms with van der Waals surface area (Å²) in [6.07, 6.45) is 7.37. The van der Waals surface area contributed by atoms with Crippen molar-refractivity contribution in [3.8, 4) is 11.3 Å². The van der Waals surface area contributed by atoms with Gasteiger partial charge in [-0.2, -0.15) is 4.98 Å². The Hall–Kier alpha value is -2.16. The van der Waals surface area contributed by atoms with Crippen LogP contribution >= 0.6 is 0 Å². The van der Waals surface area contributed by atoms with Crippen molar-refractivity contribution in [2.24, 2.45) is 0 Å². The van der Waals surface area contributed by atoms with Gasteiger partial charge in [0.1, 0.15) is 17.3 Å². The molecule has 1 saturated carbocycles. The molecule has 30 heavy (non-hydrogen) atoms. The molecule has 2 heterocycles. The molecule has 2 aromatic rings. The minimum Gasteiger partial charge on any atom is -0.460 e. The second-order valence-electron chi connectivity index (χ2n) is 7.93. The SMILES string of the molecule is CCCCNc1ncc(-c2ccc(CNCCNC)o2)c(NC2CCC(O)CC2)n1. The summed E-state index contributed by atoms with van der Waals surface area (Å²) in [4.78, 5) is 9.25. The zero-order valence-corrected chi connectivity index (χ0v) is 18.2. The lowest BCUT2D eigenvalue weighted by atomic mass is 9.93. The molecule has 0 atom stereocenters. The van der Waals surface area contributed by atoms with Gasteiger partial charge in [-0.1, -0.05) is 13.3 Å². The van der Waals surface area contributed by atoms with Gasteiger partial charge in [0, 0.05) is 31.9 Å². The molecule has 8 nitrogen and oxygen atoms in total. The summed E-state index contributed by atoms with van der Waals surface area (Å²) in [5.74, 6) is 3.07. The van der Waals surface area contributed by atoms with Crippen molar-refractivity contribution in [2.45, 2.75) is 64.1 Å². The number of furan rings is 1. The van der Waals surface area contributed by atoms with E-state index in [-0.39, 0.29) is 6.10 Å². The van der Waals surface area contributed by atoms with Crippen molar-refractivity contribution in [2.75, 3.05) is 37.3 Å². The molecule has 0 unspecified atom stereocenters. The van der Waals surface area contributed by atoms with E-state index in [0.29, 0.717) is 18.5 Å². The Morgan fingerprint density at radius 1 is 1.13 bits per heavy atom. The lowest BCUT2D eigenvalue weighted by Gasteiger charge is -2.27. The Bertz CT molecular complexity index is 758. The standard InChI is InChI=1S/C22H36N6O2/c1-3-4-11-25-22-26-15-19(20-10-9-18(30-20)14-24-13-12-23-2)21(28-22)27-16-5-7-17(29)8-6-16/h9-10,15-17,23-24,29H,3-8,11-14H2,1-2H3,(H2,25,26,27,28). The van der Waals surface area contributed by atoms with Crippen molar-refractivity contribution in [1.29, 1.82) is 0 Å². The number of aliphatic hydroxyl groups excluding tert-OH is 1. The average Bonchev–Trinajstić information content (AvgIpc) is 3.22. The first-order chi connectivity index (χ1) is 14.7. The van der Waals surface area contributed by atoms with Crippen LogP contribution in [0.25, 0.3) is 11.3 Å². The number of rotatable bonds is 12. The highest BCUT2D eigenvalue weighted by molar-refractivity contribution is 5.72. The van der Waals surface area contributed by atoms with Crippen LogP contribution in [0.1, 0.15) is 51.2 Å². The van der Waals surface area contributed by atoms with Gasteiger partial charge in [0.2, 0.25) is 5.95 Å². The molecular weight excluding hydrogens is 380 g/mol. The smallest absolute Gasteiger partial charge is 0.224 e. The van der Waals surface area contributed by atoms with E-state index in [2.05, 4.69) is 33.2 Å². The molecule has 2 aromatic heterocycles. The number of likely N-dealkylation sites (N-methyl/N-ethyl adjacent to an activating group) is 1. The zero-order chi connectivity index (χ0) is 21.2. The van der Waals surface area contributed by atoms with Gasteiger partial charge in [0.15, 0.2) is 0 Å². The number of hydrogen-bond donors (Lipinski definition) is 5. The summed E-state index contributed by atoms with van der Waals surface area (Å²) in [5, 5.41) is 23.2. The van der Waals surface area contributed by atoms with Crippen LogP contribution in [0, 0.1) is 0 Å². The Morgan fingerprint density at radius 3 is 2.73 bits per heavy atom. The molecule has 0 aliphatic heterocycles. The van der Waals surface area contributed by atoms with Crippen molar-refractivity contribution in [1.82, 2.24) is 20.6 Å². The number of aromatic nitrogens is 2. The third-order valence-corrected chi connectivity index (χ3v) is 5.42. The van der Waals surface area contributed by atoms with Gasteiger partial charge in [0.25, 0.3) is 0 Å². The monoisotopic (exact) mass is 416 g/mol. The number of unbranched alkanes of at least 4 members (excludes halogenated alkanes) is 1. The molecule has 0 spiro atoms. The minimum atomic E-state index is -0.178. The lowest BCUT2D eigenvalue weighted by Crippen LogP contribution is -2.29. The zero-order valence-electron chi connectivity index (χ0n) is 18.2. The Balaban J connectivity index is 1.73. The van der Waals surface area contributed by atoms with E-state index in [1.165, 1.54) is 0 Å². The van der Waals surface area contributed by atoms with Crippen LogP contribution in [0.2, 0.25) is 0 Å². The van der Waals surface area contributed by atoms with E-state index in [1.807, 2.05) is 25.4 Å². The van der Waals surface area contributed by atoms with Crippen LogP contribution in [-0.2, 0) is 6.54 Å². The highest BCUT2D eigenvalue weighted by Gasteiger charge is 2.22. The number of hydrogen-bond acceptors (Lipinski definition) is 8. The fraction of sp³-hybridized carbons (Fsp3) is 0.636. The van der Waals surface area contributed by atoms with Gasteiger partial charge in [-0.05, 0) is 51.3 Å². The molecule has 1 aliphatic carbocycles. The Labute approximate surface area is 179 Å². The molecule has 1 aliphatic rings. The maximum absolute atomic E-state index is 9.81. The molecule has 0 radical (unpaired) electrons. The molecule has 3 rings (SSSR count). The topological polar surface area (TPSA) is 107 Å². The number of nitrogens with one attached hydrogen (secondary N) is 4. The van der Waals surface area contributed by atoms with E-state index in [9.17, 15) is 5.11 Å². The lowest BCUT2D eigenvalue weighted by molar-refractivity contribution is 0.126. The van der Waals surface area contributed by atoms with Gasteiger partial charge < -0.3 is 30.8 Å². The third kappa shape index (κ3) is 6.68. The third-order valence-electron chi connectivity index (χ3n) is 5.42. The van der Waals surface area contributed by atoms with Crippen LogP contribution in [0.3, 0.4) is 0 Å². The second kappa shape index (κ2) is 11.9. The fourth-order valence-corrected chi connectivity index (χ4v) is 3.59. The van der Waals surface area contributed by atoms with Crippen molar-refractivity contribution >= 4 is 11.8 Å². The molecule has 0 amide bonds. The summed E-state index contributed by atoms with van der Waals surface area (Å²) in [5.41, 5.74) is 0.864. The molecule has 0 aromatic carbocycles. The summed E-state index contributed by atoms with van der Waals surface area (Å²) in [6, 6.07) is 4.27. The van der Waals surface area contributed by atoms with Gasteiger partial charge in [-0.25, -0.2) is 4.98 Å².